The van der Waals surface area contributed by atoms with E-state index in [0.717, 1.165) is 19.6 Å². The van der Waals surface area contributed by atoms with Crippen molar-refractivity contribution in [3.05, 3.63) is 39.4 Å². The predicted molar refractivity (Wildman–Crippen MR) is 102 cm³/mol. The molecule has 0 spiro atoms. The second-order valence-electron chi connectivity index (χ2n) is 7.21. The number of quaternary nitrogens is 1. The Balaban J connectivity index is 2.04. The summed E-state index contributed by atoms with van der Waals surface area (Å²) in [6.07, 6.45) is 1.31. The molecule has 0 aliphatic carbocycles. The van der Waals surface area contributed by atoms with Crippen LogP contribution in [0.4, 0.5) is 4.39 Å². The summed E-state index contributed by atoms with van der Waals surface area (Å²) in [6, 6.07) is 2.47. The fraction of sp³-hybridized carbons (Fsp3) is 0.500. The Hall–Kier alpha value is -2.41. The van der Waals surface area contributed by atoms with Crippen LogP contribution in [0.2, 0.25) is 0 Å². The van der Waals surface area contributed by atoms with E-state index in [-0.39, 0.29) is 17.0 Å². The number of pyridine rings is 1. The average Bonchev–Trinajstić information content (AvgIpc) is 2.64. The largest absolute Gasteiger partial charge is 0.506 e. The van der Waals surface area contributed by atoms with Crippen LogP contribution in [0, 0.1) is 5.82 Å². The van der Waals surface area contributed by atoms with Crippen molar-refractivity contribution < 1.29 is 19.2 Å². The first-order chi connectivity index (χ1) is 12.9. The summed E-state index contributed by atoms with van der Waals surface area (Å²) in [5.41, 5.74) is 0.393. The SMILES string of the molecule is CC[NH+](CC)CCNC(=O)c1c(O)c2cc(F)cc3c2n(c1=O)[C@@H](C)CC3. The van der Waals surface area contributed by atoms with Gasteiger partial charge in [-0.05, 0) is 51.3 Å². The van der Waals surface area contributed by atoms with E-state index >= 15 is 0 Å². The van der Waals surface area contributed by atoms with E-state index in [1.807, 2.05) is 6.92 Å². The number of carbonyl (C=O) groups is 1. The van der Waals surface area contributed by atoms with Gasteiger partial charge in [-0.15, -0.1) is 0 Å². The van der Waals surface area contributed by atoms with Gasteiger partial charge in [0.1, 0.15) is 17.1 Å². The number of likely N-dealkylation sites (N-methyl/N-ethyl adjacent to an activating group) is 1. The summed E-state index contributed by atoms with van der Waals surface area (Å²) in [6.45, 7) is 9.06. The maximum absolute atomic E-state index is 14.0. The Morgan fingerprint density at radius 3 is 2.74 bits per heavy atom. The molecule has 0 saturated heterocycles. The van der Waals surface area contributed by atoms with Gasteiger partial charge in [0.25, 0.3) is 11.5 Å². The van der Waals surface area contributed by atoms with Crippen molar-refractivity contribution in [1.29, 1.82) is 0 Å². The van der Waals surface area contributed by atoms with Gasteiger partial charge in [-0.2, -0.15) is 0 Å². The number of aromatic hydroxyl groups is 1. The van der Waals surface area contributed by atoms with Crippen LogP contribution < -0.4 is 15.8 Å². The molecule has 1 aliphatic rings. The topological polar surface area (TPSA) is 75.8 Å². The van der Waals surface area contributed by atoms with Crippen molar-refractivity contribution in [2.24, 2.45) is 0 Å². The molecule has 0 radical (unpaired) electrons. The molecule has 1 atom stereocenters. The molecule has 2 heterocycles. The summed E-state index contributed by atoms with van der Waals surface area (Å²) >= 11 is 0. The molecule has 1 aromatic heterocycles. The van der Waals surface area contributed by atoms with Crippen molar-refractivity contribution in [2.45, 2.75) is 39.7 Å². The lowest BCUT2D eigenvalue weighted by atomic mass is 9.95. The summed E-state index contributed by atoms with van der Waals surface area (Å²) in [7, 11) is 0. The van der Waals surface area contributed by atoms with Gasteiger partial charge in [-0.3, -0.25) is 9.59 Å². The molecule has 0 unspecified atom stereocenters. The van der Waals surface area contributed by atoms with Crippen molar-refractivity contribution in [2.75, 3.05) is 26.2 Å². The van der Waals surface area contributed by atoms with Crippen LogP contribution in [0.15, 0.2) is 16.9 Å². The Labute approximate surface area is 157 Å². The highest BCUT2D eigenvalue weighted by Crippen LogP contribution is 2.35. The van der Waals surface area contributed by atoms with Gasteiger partial charge >= 0.3 is 0 Å². The molecule has 27 heavy (non-hydrogen) atoms. The third-order valence-corrected chi connectivity index (χ3v) is 5.58. The molecule has 3 rings (SSSR count). The first-order valence-corrected chi connectivity index (χ1v) is 9.60. The van der Waals surface area contributed by atoms with Gasteiger partial charge in [-0.1, -0.05) is 0 Å². The maximum atomic E-state index is 14.0. The lowest BCUT2D eigenvalue weighted by Gasteiger charge is -2.26. The van der Waals surface area contributed by atoms with Crippen LogP contribution in [0.25, 0.3) is 10.9 Å². The van der Waals surface area contributed by atoms with E-state index in [2.05, 4.69) is 19.2 Å². The molecule has 146 valence electrons. The number of rotatable bonds is 6. The van der Waals surface area contributed by atoms with Gasteiger partial charge in [0.15, 0.2) is 0 Å². The molecule has 1 aliphatic heterocycles. The minimum Gasteiger partial charge on any atom is -0.506 e. The zero-order valence-electron chi connectivity index (χ0n) is 16.1. The van der Waals surface area contributed by atoms with Crippen molar-refractivity contribution in [1.82, 2.24) is 9.88 Å². The number of nitrogens with zero attached hydrogens (tertiary/aromatic N) is 1. The fourth-order valence-corrected chi connectivity index (χ4v) is 3.93. The molecule has 3 N–H and O–H groups in total. The lowest BCUT2D eigenvalue weighted by molar-refractivity contribution is -0.895. The highest BCUT2D eigenvalue weighted by molar-refractivity contribution is 6.03. The van der Waals surface area contributed by atoms with E-state index in [1.165, 1.54) is 21.6 Å². The second kappa shape index (κ2) is 7.68. The van der Waals surface area contributed by atoms with Gasteiger partial charge in [0.05, 0.1) is 31.7 Å². The Morgan fingerprint density at radius 1 is 1.37 bits per heavy atom. The number of aryl methyl sites for hydroxylation is 1. The standard InChI is InChI=1S/C20H26FN3O3/c1-4-23(5-2)9-8-22-19(26)16-18(25)15-11-14(21)10-13-7-6-12(3)24(17(13)15)20(16)27/h10-12,25H,4-9H2,1-3H3,(H,22,26)/p+1/t12-/m0/s1. The van der Waals surface area contributed by atoms with Crippen LogP contribution in [-0.4, -0.2) is 41.8 Å². The molecule has 6 nitrogen and oxygen atoms in total. The van der Waals surface area contributed by atoms with E-state index < -0.39 is 23.0 Å². The average molecular weight is 376 g/mol. The molecule has 2 aromatic rings. The van der Waals surface area contributed by atoms with E-state index in [4.69, 9.17) is 0 Å². The number of nitrogens with one attached hydrogen (secondary N) is 2. The number of benzene rings is 1. The number of amides is 1. The quantitative estimate of drug-likeness (QED) is 0.704. The number of hydrogen-bond donors (Lipinski definition) is 3. The molecule has 1 amide bonds. The molecule has 0 fully saturated rings. The zero-order chi connectivity index (χ0) is 19.7. The summed E-state index contributed by atoms with van der Waals surface area (Å²) in [5, 5.41) is 13.6. The van der Waals surface area contributed by atoms with E-state index in [9.17, 15) is 19.1 Å². The highest BCUT2D eigenvalue weighted by atomic mass is 19.1. The Morgan fingerprint density at radius 2 is 2.07 bits per heavy atom. The maximum Gasteiger partial charge on any atom is 0.267 e. The number of aromatic nitrogens is 1. The molecule has 1 aromatic carbocycles. The minimum atomic E-state index is -0.613. The number of halogens is 1. The molecule has 0 bridgehead atoms. The lowest BCUT2D eigenvalue weighted by Crippen LogP contribution is -3.12. The third-order valence-electron chi connectivity index (χ3n) is 5.58. The van der Waals surface area contributed by atoms with Crippen LogP contribution in [0.1, 0.15) is 49.2 Å². The van der Waals surface area contributed by atoms with Crippen LogP contribution >= 0.6 is 0 Å². The van der Waals surface area contributed by atoms with Crippen molar-refractivity contribution in [3.63, 3.8) is 0 Å². The van der Waals surface area contributed by atoms with E-state index in [1.54, 1.807) is 0 Å². The number of carbonyl (C=O) groups excluding carboxylic acids is 1. The van der Waals surface area contributed by atoms with Gasteiger partial charge < -0.3 is 19.9 Å². The molecular formula is C20H27FN3O3+. The first-order valence-electron chi connectivity index (χ1n) is 9.60. The van der Waals surface area contributed by atoms with Gasteiger partial charge in [-0.25, -0.2) is 4.39 Å². The summed E-state index contributed by atoms with van der Waals surface area (Å²) in [5.74, 6) is -1.53. The fourth-order valence-electron chi connectivity index (χ4n) is 3.93. The molecule has 0 saturated carbocycles. The molecular weight excluding hydrogens is 349 g/mol. The van der Waals surface area contributed by atoms with Crippen molar-refractivity contribution in [3.8, 4) is 5.75 Å². The summed E-state index contributed by atoms with van der Waals surface area (Å²) < 4.78 is 15.5. The van der Waals surface area contributed by atoms with Crippen molar-refractivity contribution >= 4 is 16.8 Å². The van der Waals surface area contributed by atoms with Crippen LogP contribution in [-0.2, 0) is 6.42 Å². The van der Waals surface area contributed by atoms with Gasteiger partial charge in [0.2, 0.25) is 0 Å². The Bertz CT molecular complexity index is 934. The smallest absolute Gasteiger partial charge is 0.267 e. The zero-order valence-corrected chi connectivity index (χ0v) is 16.1. The predicted octanol–water partition coefficient (Wildman–Crippen LogP) is 1.01. The molecule has 7 heteroatoms. The van der Waals surface area contributed by atoms with Crippen LogP contribution in [0.3, 0.4) is 0 Å². The van der Waals surface area contributed by atoms with E-state index in [0.29, 0.717) is 30.5 Å². The Kier molecular flexibility index (Phi) is 5.51. The van der Waals surface area contributed by atoms with Crippen LogP contribution in [0.5, 0.6) is 5.75 Å². The third kappa shape index (κ3) is 3.43. The first kappa shape index (κ1) is 19.4. The monoisotopic (exact) mass is 376 g/mol. The highest BCUT2D eigenvalue weighted by Gasteiger charge is 2.28. The van der Waals surface area contributed by atoms with Gasteiger partial charge in [0, 0.05) is 11.4 Å². The second-order valence-corrected chi connectivity index (χ2v) is 7.21. The number of hydrogen-bond acceptors (Lipinski definition) is 3. The minimum absolute atomic E-state index is 0.120. The normalized spacial score (nSPS) is 16.1. The summed E-state index contributed by atoms with van der Waals surface area (Å²) in [4.78, 5) is 27.0.